The molecule has 1 aromatic heterocycles. The van der Waals surface area contributed by atoms with Crippen molar-refractivity contribution in [1.82, 2.24) is 10.3 Å². The van der Waals surface area contributed by atoms with E-state index in [2.05, 4.69) is 10.3 Å². The van der Waals surface area contributed by atoms with Crippen molar-refractivity contribution in [3.8, 4) is 0 Å². The van der Waals surface area contributed by atoms with E-state index >= 15 is 0 Å². The largest absolute Gasteiger partial charge is 0.351 e. The third-order valence-corrected chi connectivity index (χ3v) is 4.57. The third kappa shape index (κ3) is 4.85. The molecule has 6 nitrogen and oxygen atoms in total. The van der Waals surface area contributed by atoms with E-state index in [-0.39, 0.29) is 29.2 Å². The molecule has 0 saturated carbocycles. The van der Waals surface area contributed by atoms with Crippen LogP contribution < -0.4 is 10.9 Å². The second-order valence-electron chi connectivity index (χ2n) is 4.78. The van der Waals surface area contributed by atoms with Gasteiger partial charge in [0.25, 0.3) is 5.91 Å². The fourth-order valence-electron chi connectivity index (χ4n) is 1.87. The average molecular weight is 320 g/mol. The maximum Gasteiger partial charge on any atom is 0.252 e. The van der Waals surface area contributed by atoms with Gasteiger partial charge in [0.05, 0.1) is 17.1 Å². The molecule has 116 valence electrons. The lowest BCUT2D eigenvalue weighted by molar-refractivity contribution is 0.0955. The molecule has 0 fully saturated rings. The Labute approximate surface area is 128 Å². The lowest BCUT2D eigenvalue weighted by atomic mass is 10.2. The number of aromatic nitrogens is 1. The number of nitrogens with one attached hydrogen (secondary N) is 2. The van der Waals surface area contributed by atoms with Crippen LogP contribution in [0.5, 0.6) is 0 Å². The molecule has 0 saturated heterocycles. The first-order chi connectivity index (χ1) is 10.5. The highest BCUT2D eigenvalue weighted by molar-refractivity contribution is 7.90. The third-order valence-electron chi connectivity index (χ3n) is 2.97. The number of carbonyl (C=O) groups excluding carboxylic acids is 1. The van der Waals surface area contributed by atoms with Crippen LogP contribution in [-0.2, 0) is 15.6 Å². The summed E-state index contributed by atoms with van der Waals surface area (Å²) in [5, 5.41) is 2.52. The topological polar surface area (TPSA) is 96.1 Å². The van der Waals surface area contributed by atoms with Gasteiger partial charge in [-0.2, -0.15) is 0 Å². The van der Waals surface area contributed by atoms with Crippen molar-refractivity contribution in [2.24, 2.45) is 0 Å². The smallest absolute Gasteiger partial charge is 0.252 e. The highest BCUT2D eigenvalue weighted by atomic mass is 32.2. The van der Waals surface area contributed by atoms with E-state index in [9.17, 15) is 18.0 Å². The normalized spacial score (nSPS) is 11.1. The second-order valence-corrected chi connectivity index (χ2v) is 6.96. The predicted molar refractivity (Wildman–Crippen MR) is 83.3 cm³/mol. The van der Waals surface area contributed by atoms with Crippen LogP contribution in [0.4, 0.5) is 0 Å². The van der Waals surface area contributed by atoms with Gasteiger partial charge >= 0.3 is 0 Å². The SMILES string of the molecule is O=C(NCCS(=O)(=O)Cc1ccccc1)c1ccc(=O)[nH]c1. The zero-order valence-electron chi connectivity index (χ0n) is 11.8. The molecule has 1 aromatic carbocycles. The van der Waals surface area contributed by atoms with Crippen molar-refractivity contribution in [1.29, 1.82) is 0 Å². The van der Waals surface area contributed by atoms with Gasteiger partial charge in [0.1, 0.15) is 0 Å². The van der Waals surface area contributed by atoms with Gasteiger partial charge in [-0.3, -0.25) is 9.59 Å². The number of sulfone groups is 1. The van der Waals surface area contributed by atoms with Gasteiger partial charge in [0.15, 0.2) is 9.84 Å². The van der Waals surface area contributed by atoms with Crippen LogP contribution in [0.3, 0.4) is 0 Å². The average Bonchev–Trinajstić information content (AvgIpc) is 2.48. The molecule has 0 aliphatic carbocycles. The van der Waals surface area contributed by atoms with Gasteiger partial charge in [0.2, 0.25) is 5.56 Å². The molecule has 2 N–H and O–H groups in total. The van der Waals surface area contributed by atoms with Crippen LogP contribution in [-0.4, -0.2) is 31.6 Å². The summed E-state index contributed by atoms with van der Waals surface area (Å²) in [5.41, 5.74) is 0.691. The fraction of sp³-hybridized carbons (Fsp3) is 0.200. The first-order valence-electron chi connectivity index (χ1n) is 6.67. The number of carbonyl (C=O) groups is 1. The van der Waals surface area contributed by atoms with Crippen molar-refractivity contribution in [2.45, 2.75) is 5.75 Å². The number of benzene rings is 1. The van der Waals surface area contributed by atoms with E-state index in [1.54, 1.807) is 24.3 Å². The lowest BCUT2D eigenvalue weighted by Gasteiger charge is -2.06. The highest BCUT2D eigenvalue weighted by Gasteiger charge is 2.13. The molecule has 0 aliphatic heterocycles. The monoisotopic (exact) mass is 320 g/mol. The summed E-state index contributed by atoms with van der Waals surface area (Å²) in [4.78, 5) is 25.1. The molecular weight excluding hydrogens is 304 g/mol. The number of hydrogen-bond acceptors (Lipinski definition) is 4. The van der Waals surface area contributed by atoms with Gasteiger partial charge in [0, 0.05) is 18.8 Å². The van der Waals surface area contributed by atoms with Crippen LogP contribution in [0.2, 0.25) is 0 Å². The van der Waals surface area contributed by atoms with Gasteiger partial charge in [-0.25, -0.2) is 8.42 Å². The molecule has 0 unspecified atom stereocenters. The summed E-state index contributed by atoms with van der Waals surface area (Å²) in [6.45, 7) is 0.0210. The molecule has 0 radical (unpaired) electrons. The highest BCUT2D eigenvalue weighted by Crippen LogP contribution is 2.05. The number of aromatic amines is 1. The summed E-state index contributed by atoms with van der Waals surface area (Å²) < 4.78 is 23.9. The standard InChI is InChI=1S/C15H16N2O4S/c18-14-7-6-13(10-17-14)15(19)16-8-9-22(20,21)11-12-4-2-1-3-5-12/h1-7,10H,8-9,11H2,(H,16,19)(H,17,18). The Hall–Kier alpha value is -2.41. The van der Waals surface area contributed by atoms with Crippen LogP contribution in [0.25, 0.3) is 0 Å². The molecular formula is C15H16N2O4S. The summed E-state index contributed by atoms with van der Waals surface area (Å²) >= 11 is 0. The maximum absolute atomic E-state index is 12.0. The van der Waals surface area contributed by atoms with E-state index in [4.69, 9.17) is 0 Å². The Bertz CT molecular complexity index is 777. The Balaban J connectivity index is 1.86. The second kappa shape index (κ2) is 7.04. The van der Waals surface area contributed by atoms with E-state index in [1.807, 2.05) is 6.07 Å². The molecule has 7 heteroatoms. The Morgan fingerprint density at radius 3 is 2.45 bits per heavy atom. The number of rotatable bonds is 6. The first kappa shape index (κ1) is 16.0. The predicted octanol–water partition coefficient (Wildman–Crippen LogP) is 0.720. The minimum absolute atomic E-state index is 0.0210. The van der Waals surface area contributed by atoms with Crippen molar-refractivity contribution in [2.75, 3.05) is 12.3 Å². The van der Waals surface area contributed by atoms with Gasteiger partial charge in [-0.15, -0.1) is 0 Å². The number of hydrogen-bond donors (Lipinski definition) is 2. The number of amides is 1. The Kier molecular flexibility index (Phi) is 5.11. The molecule has 0 aliphatic rings. The van der Waals surface area contributed by atoms with E-state index in [1.165, 1.54) is 18.3 Å². The maximum atomic E-state index is 12.0. The molecule has 0 spiro atoms. The zero-order valence-corrected chi connectivity index (χ0v) is 12.6. The molecule has 0 atom stereocenters. The van der Waals surface area contributed by atoms with Crippen molar-refractivity contribution in [3.05, 3.63) is 70.1 Å². The first-order valence-corrected chi connectivity index (χ1v) is 8.50. The van der Waals surface area contributed by atoms with Gasteiger partial charge in [-0.05, 0) is 11.6 Å². The fourth-order valence-corrected chi connectivity index (χ4v) is 3.13. The number of pyridine rings is 1. The molecule has 22 heavy (non-hydrogen) atoms. The van der Waals surface area contributed by atoms with Gasteiger partial charge < -0.3 is 10.3 Å². The lowest BCUT2D eigenvalue weighted by Crippen LogP contribution is -2.29. The van der Waals surface area contributed by atoms with Crippen molar-refractivity contribution < 1.29 is 13.2 Å². The molecule has 2 rings (SSSR count). The molecule has 2 aromatic rings. The molecule has 1 heterocycles. The van der Waals surface area contributed by atoms with E-state index < -0.39 is 15.7 Å². The quantitative estimate of drug-likeness (QED) is 0.819. The van der Waals surface area contributed by atoms with Crippen LogP contribution in [0.15, 0.2) is 53.5 Å². The van der Waals surface area contributed by atoms with Crippen molar-refractivity contribution >= 4 is 15.7 Å². The van der Waals surface area contributed by atoms with Crippen LogP contribution >= 0.6 is 0 Å². The molecule has 0 bridgehead atoms. The van der Waals surface area contributed by atoms with E-state index in [0.717, 1.165) is 5.56 Å². The summed E-state index contributed by atoms with van der Waals surface area (Å²) in [7, 11) is -3.29. The summed E-state index contributed by atoms with van der Waals surface area (Å²) in [6.07, 6.45) is 1.29. The van der Waals surface area contributed by atoms with Crippen LogP contribution in [0.1, 0.15) is 15.9 Å². The van der Waals surface area contributed by atoms with Crippen molar-refractivity contribution in [3.63, 3.8) is 0 Å². The molecule has 1 amide bonds. The zero-order chi connectivity index (χ0) is 16.0. The summed E-state index contributed by atoms with van der Waals surface area (Å²) in [5.74, 6) is -0.620. The number of H-pyrrole nitrogens is 1. The summed E-state index contributed by atoms with van der Waals surface area (Å²) in [6, 6.07) is 11.5. The minimum Gasteiger partial charge on any atom is -0.351 e. The Morgan fingerprint density at radius 2 is 1.82 bits per heavy atom. The Morgan fingerprint density at radius 1 is 1.09 bits per heavy atom. The van der Waals surface area contributed by atoms with Crippen LogP contribution in [0, 0.1) is 0 Å². The van der Waals surface area contributed by atoms with Gasteiger partial charge in [-0.1, -0.05) is 30.3 Å². The van der Waals surface area contributed by atoms with E-state index in [0.29, 0.717) is 0 Å². The minimum atomic E-state index is -3.29.